The number of nitrogens with one attached hydrogen (secondary N) is 1. The molecule has 5 nitrogen and oxygen atoms in total. The second-order valence-electron chi connectivity index (χ2n) is 6.05. The van der Waals surface area contributed by atoms with Gasteiger partial charge in [0.1, 0.15) is 5.82 Å². The maximum atomic E-state index is 12.6. The third-order valence-electron chi connectivity index (χ3n) is 4.45. The van der Waals surface area contributed by atoms with Crippen molar-refractivity contribution in [2.45, 2.75) is 51.1 Å². The molecule has 112 valence electrons. The molecular weight excluding hydrogens is 252 g/mol. The number of likely N-dealkylation sites (N-methyl/N-ethyl adjacent to an activating group) is 1. The van der Waals surface area contributed by atoms with E-state index in [9.17, 15) is 4.79 Å². The van der Waals surface area contributed by atoms with Crippen molar-refractivity contribution in [3.8, 4) is 0 Å². The molecule has 20 heavy (non-hydrogen) atoms. The smallest absolute Gasteiger partial charge is 0.242 e. The standard InChI is InChI=1S/C15H26N4O/c1-12-16-10-13(19(12)4)11-17-15(14(20)18(2)3)8-6-5-7-9-15/h10,17H,5-9,11H2,1-4H3. The van der Waals surface area contributed by atoms with Crippen LogP contribution in [-0.4, -0.2) is 40.0 Å². The third kappa shape index (κ3) is 2.87. The van der Waals surface area contributed by atoms with Crippen molar-refractivity contribution < 1.29 is 4.79 Å². The van der Waals surface area contributed by atoms with E-state index in [1.165, 1.54) is 6.42 Å². The molecule has 1 aliphatic carbocycles. The summed E-state index contributed by atoms with van der Waals surface area (Å²) < 4.78 is 2.07. The molecule has 2 rings (SSSR count). The molecule has 1 aromatic heterocycles. The van der Waals surface area contributed by atoms with Gasteiger partial charge in [-0.1, -0.05) is 19.3 Å². The highest BCUT2D eigenvalue weighted by atomic mass is 16.2. The largest absolute Gasteiger partial charge is 0.347 e. The fourth-order valence-electron chi connectivity index (χ4n) is 3.02. The predicted molar refractivity (Wildman–Crippen MR) is 79.3 cm³/mol. The van der Waals surface area contributed by atoms with Crippen LogP contribution in [0, 0.1) is 6.92 Å². The van der Waals surface area contributed by atoms with Crippen molar-refractivity contribution in [2.75, 3.05) is 14.1 Å². The van der Waals surface area contributed by atoms with Crippen LogP contribution in [0.5, 0.6) is 0 Å². The van der Waals surface area contributed by atoms with Gasteiger partial charge in [-0.25, -0.2) is 4.98 Å². The highest BCUT2D eigenvalue weighted by molar-refractivity contribution is 5.86. The van der Waals surface area contributed by atoms with Crippen LogP contribution in [-0.2, 0) is 18.4 Å². The first kappa shape index (κ1) is 15.0. The van der Waals surface area contributed by atoms with Crippen LogP contribution in [0.3, 0.4) is 0 Å². The number of amides is 1. The third-order valence-corrected chi connectivity index (χ3v) is 4.45. The number of aryl methyl sites for hydroxylation is 1. The Bertz CT molecular complexity index is 472. The van der Waals surface area contributed by atoms with Gasteiger partial charge < -0.3 is 9.47 Å². The zero-order valence-electron chi connectivity index (χ0n) is 13.1. The maximum absolute atomic E-state index is 12.6. The number of carbonyl (C=O) groups excluding carboxylic acids is 1. The Morgan fingerprint density at radius 2 is 2.05 bits per heavy atom. The number of hydrogen-bond donors (Lipinski definition) is 1. The van der Waals surface area contributed by atoms with Crippen LogP contribution in [0.1, 0.15) is 43.6 Å². The second-order valence-corrected chi connectivity index (χ2v) is 6.05. The Hall–Kier alpha value is -1.36. The van der Waals surface area contributed by atoms with Crippen LogP contribution >= 0.6 is 0 Å². The summed E-state index contributed by atoms with van der Waals surface area (Å²) in [5.41, 5.74) is 0.735. The highest BCUT2D eigenvalue weighted by Crippen LogP contribution is 2.30. The quantitative estimate of drug-likeness (QED) is 0.910. The average molecular weight is 278 g/mol. The van der Waals surface area contributed by atoms with Gasteiger partial charge in [-0.2, -0.15) is 0 Å². The summed E-state index contributed by atoms with van der Waals surface area (Å²) in [5, 5.41) is 3.53. The molecule has 0 atom stereocenters. The van der Waals surface area contributed by atoms with E-state index >= 15 is 0 Å². The number of aromatic nitrogens is 2. The van der Waals surface area contributed by atoms with E-state index < -0.39 is 0 Å². The molecule has 1 saturated carbocycles. The lowest BCUT2D eigenvalue weighted by molar-refractivity contribution is -0.137. The molecule has 0 aliphatic heterocycles. The minimum atomic E-state index is -0.389. The van der Waals surface area contributed by atoms with Crippen molar-refractivity contribution >= 4 is 5.91 Å². The molecule has 1 N–H and O–H groups in total. The zero-order valence-corrected chi connectivity index (χ0v) is 13.1. The van der Waals surface area contributed by atoms with Crippen molar-refractivity contribution in [3.63, 3.8) is 0 Å². The molecule has 1 aromatic rings. The number of hydrogen-bond acceptors (Lipinski definition) is 3. The second kappa shape index (κ2) is 5.95. The van der Waals surface area contributed by atoms with Crippen LogP contribution in [0.4, 0.5) is 0 Å². The molecule has 1 aliphatic rings. The molecule has 0 unspecified atom stereocenters. The minimum absolute atomic E-state index is 0.205. The monoisotopic (exact) mass is 278 g/mol. The lowest BCUT2D eigenvalue weighted by atomic mass is 9.80. The summed E-state index contributed by atoms with van der Waals surface area (Å²) in [7, 11) is 5.70. The lowest BCUT2D eigenvalue weighted by Gasteiger charge is -2.38. The summed E-state index contributed by atoms with van der Waals surface area (Å²) in [4.78, 5) is 18.6. The van der Waals surface area contributed by atoms with E-state index in [0.29, 0.717) is 6.54 Å². The lowest BCUT2D eigenvalue weighted by Crippen LogP contribution is -2.57. The molecule has 1 heterocycles. The van der Waals surface area contributed by atoms with Crippen molar-refractivity contribution in [1.82, 2.24) is 19.8 Å². The number of rotatable bonds is 4. The van der Waals surface area contributed by atoms with Gasteiger partial charge >= 0.3 is 0 Å². The Morgan fingerprint density at radius 3 is 2.55 bits per heavy atom. The van der Waals surface area contributed by atoms with E-state index in [2.05, 4.69) is 14.9 Å². The maximum Gasteiger partial charge on any atom is 0.242 e. The van der Waals surface area contributed by atoms with Gasteiger partial charge in [-0.15, -0.1) is 0 Å². The van der Waals surface area contributed by atoms with Crippen LogP contribution < -0.4 is 5.32 Å². The Kier molecular flexibility index (Phi) is 4.48. The Balaban J connectivity index is 2.12. The van der Waals surface area contributed by atoms with Gasteiger partial charge in [0.2, 0.25) is 5.91 Å². The van der Waals surface area contributed by atoms with E-state index in [1.54, 1.807) is 4.90 Å². The fraction of sp³-hybridized carbons (Fsp3) is 0.733. The topological polar surface area (TPSA) is 50.2 Å². The SMILES string of the molecule is Cc1ncc(CNC2(C(=O)N(C)C)CCCCC2)n1C. The predicted octanol–water partition coefficient (Wildman–Crippen LogP) is 1.61. The molecule has 0 saturated heterocycles. The summed E-state index contributed by atoms with van der Waals surface area (Å²) in [6.07, 6.45) is 7.23. The molecule has 1 fully saturated rings. The molecule has 0 aromatic carbocycles. The molecule has 0 spiro atoms. The van der Waals surface area contributed by atoms with Gasteiger partial charge in [0.05, 0.1) is 11.2 Å². The average Bonchev–Trinajstić information content (AvgIpc) is 2.77. The molecule has 0 bridgehead atoms. The Morgan fingerprint density at radius 1 is 1.40 bits per heavy atom. The van der Waals surface area contributed by atoms with Crippen molar-refractivity contribution in [1.29, 1.82) is 0 Å². The molecule has 1 amide bonds. The first-order valence-electron chi connectivity index (χ1n) is 7.40. The van der Waals surface area contributed by atoms with Gasteiger partial charge in [-0.05, 0) is 19.8 Å². The molecular formula is C15H26N4O. The van der Waals surface area contributed by atoms with Gasteiger partial charge in [-0.3, -0.25) is 10.1 Å². The molecule has 0 radical (unpaired) electrons. The fourth-order valence-corrected chi connectivity index (χ4v) is 3.02. The van der Waals surface area contributed by atoms with Crippen LogP contribution in [0.15, 0.2) is 6.20 Å². The van der Waals surface area contributed by atoms with E-state index in [-0.39, 0.29) is 11.4 Å². The van der Waals surface area contributed by atoms with Crippen LogP contribution in [0.25, 0.3) is 0 Å². The normalized spacial score (nSPS) is 18.0. The van der Waals surface area contributed by atoms with E-state index in [0.717, 1.165) is 37.2 Å². The van der Waals surface area contributed by atoms with Gasteiger partial charge in [0, 0.05) is 33.9 Å². The highest BCUT2D eigenvalue weighted by Gasteiger charge is 2.40. The van der Waals surface area contributed by atoms with E-state index in [1.807, 2.05) is 34.3 Å². The number of carbonyl (C=O) groups is 1. The van der Waals surface area contributed by atoms with Gasteiger partial charge in [0.25, 0.3) is 0 Å². The first-order valence-corrected chi connectivity index (χ1v) is 7.40. The zero-order chi connectivity index (χ0) is 14.8. The Labute approximate surface area is 121 Å². The van der Waals surface area contributed by atoms with Gasteiger partial charge in [0.15, 0.2) is 0 Å². The van der Waals surface area contributed by atoms with Crippen LogP contribution in [0.2, 0.25) is 0 Å². The summed E-state index contributed by atoms with van der Waals surface area (Å²) in [5.74, 6) is 1.20. The first-order chi connectivity index (χ1) is 9.46. The summed E-state index contributed by atoms with van der Waals surface area (Å²) in [6.45, 7) is 2.68. The van der Waals surface area contributed by atoms with E-state index in [4.69, 9.17) is 0 Å². The number of nitrogens with zero attached hydrogens (tertiary/aromatic N) is 3. The van der Waals surface area contributed by atoms with Crippen molar-refractivity contribution in [3.05, 3.63) is 17.7 Å². The molecule has 5 heteroatoms. The summed E-state index contributed by atoms with van der Waals surface area (Å²) >= 11 is 0. The number of imidazole rings is 1. The summed E-state index contributed by atoms with van der Waals surface area (Å²) in [6, 6.07) is 0. The minimum Gasteiger partial charge on any atom is -0.347 e. The van der Waals surface area contributed by atoms with Crippen molar-refractivity contribution in [2.24, 2.45) is 7.05 Å².